The molecule has 0 saturated heterocycles. The summed E-state index contributed by atoms with van der Waals surface area (Å²) in [4.78, 5) is 13.8. The van der Waals surface area contributed by atoms with Gasteiger partial charge in [0.15, 0.2) is 0 Å². The highest BCUT2D eigenvalue weighted by atomic mass is 35.5. The van der Waals surface area contributed by atoms with Crippen LogP contribution in [0.15, 0.2) is 18.3 Å². The Morgan fingerprint density at radius 3 is 2.94 bits per heavy atom. The van der Waals surface area contributed by atoms with Crippen LogP contribution in [0.1, 0.15) is 11.1 Å². The van der Waals surface area contributed by atoms with E-state index in [2.05, 4.69) is 4.98 Å². The summed E-state index contributed by atoms with van der Waals surface area (Å²) in [5.41, 5.74) is 8.26. The van der Waals surface area contributed by atoms with E-state index in [0.29, 0.717) is 5.02 Å². The number of benzene rings is 1. The van der Waals surface area contributed by atoms with Crippen LogP contribution in [0, 0.1) is 6.92 Å². The minimum atomic E-state index is -1.00. The van der Waals surface area contributed by atoms with Crippen LogP contribution in [0.4, 0.5) is 0 Å². The van der Waals surface area contributed by atoms with Crippen molar-refractivity contribution in [1.82, 2.24) is 4.98 Å². The molecule has 0 aliphatic heterocycles. The number of carboxylic acid groups (broad SMARTS) is 1. The van der Waals surface area contributed by atoms with Crippen LogP contribution in [-0.4, -0.2) is 22.1 Å². The van der Waals surface area contributed by atoms with E-state index < -0.39 is 12.0 Å². The van der Waals surface area contributed by atoms with Gasteiger partial charge in [-0.05, 0) is 30.2 Å². The first-order valence-electron chi connectivity index (χ1n) is 5.23. The topological polar surface area (TPSA) is 79.1 Å². The van der Waals surface area contributed by atoms with Crippen LogP contribution in [0.2, 0.25) is 5.02 Å². The van der Waals surface area contributed by atoms with Gasteiger partial charge in [-0.25, -0.2) is 0 Å². The summed E-state index contributed by atoms with van der Waals surface area (Å²) in [6.07, 6.45) is 2.05. The predicted octanol–water partition coefficient (Wildman–Crippen LogP) is 2.08. The number of aliphatic carboxylic acids is 1. The molecular formula is C12H13ClN2O2. The molecule has 1 atom stereocenters. The molecule has 17 heavy (non-hydrogen) atoms. The summed E-state index contributed by atoms with van der Waals surface area (Å²) < 4.78 is 0. The van der Waals surface area contributed by atoms with Gasteiger partial charge in [-0.2, -0.15) is 0 Å². The van der Waals surface area contributed by atoms with Crippen LogP contribution in [-0.2, 0) is 11.2 Å². The zero-order valence-corrected chi connectivity index (χ0v) is 10.1. The first-order chi connectivity index (χ1) is 7.99. The molecule has 1 heterocycles. The van der Waals surface area contributed by atoms with Gasteiger partial charge in [0.05, 0.1) is 10.5 Å². The highest BCUT2D eigenvalue weighted by Crippen LogP contribution is 2.27. The number of rotatable bonds is 3. The molecule has 0 aliphatic carbocycles. The smallest absolute Gasteiger partial charge is 0.320 e. The number of nitrogens with one attached hydrogen (secondary N) is 1. The number of aryl methyl sites for hydroxylation is 1. The molecule has 0 radical (unpaired) electrons. The van der Waals surface area contributed by atoms with Gasteiger partial charge in [-0.1, -0.05) is 11.6 Å². The molecule has 2 aromatic rings. The van der Waals surface area contributed by atoms with E-state index in [4.69, 9.17) is 22.4 Å². The molecule has 0 amide bonds. The number of halogens is 1. The molecule has 0 bridgehead atoms. The number of carboxylic acids is 1. The van der Waals surface area contributed by atoms with Crippen LogP contribution in [0.3, 0.4) is 0 Å². The van der Waals surface area contributed by atoms with Crippen LogP contribution >= 0.6 is 11.6 Å². The van der Waals surface area contributed by atoms with Gasteiger partial charge in [-0.15, -0.1) is 0 Å². The fraction of sp³-hybridized carbons (Fsp3) is 0.250. The minimum Gasteiger partial charge on any atom is -0.480 e. The Bertz CT molecular complexity index is 577. The Labute approximate surface area is 103 Å². The van der Waals surface area contributed by atoms with E-state index in [9.17, 15) is 4.79 Å². The van der Waals surface area contributed by atoms with Gasteiger partial charge < -0.3 is 15.8 Å². The Kier molecular flexibility index (Phi) is 3.09. The standard InChI is InChI=1S/C12H13ClN2O2/c1-6-2-8-7(4-10(14)12(16)17)5-15-11(8)9(13)3-6/h2-3,5,10,15H,4,14H2,1H3,(H,16,17). The Hall–Kier alpha value is -1.52. The minimum absolute atomic E-state index is 0.287. The van der Waals surface area contributed by atoms with Gasteiger partial charge in [0.1, 0.15) is 6.04 Å². The Morgan fingerprint density at radius 1 is 1.59 bits per heavy atom. The predicted molar refractivity (Wildman–Crippen MR) is 67.4 cm³/mol. The molecule has 4 nitrogen and oxygen atoms in total. The molecule has 0 spiro atoms. The van der Waals surface area contributed by atoms with Crippen molar-refractivity contribution in [2.45, 2.75) is 19.4 Å². The van der Waals surface area contributed by atoms with Crippen molar-refractivity contribution in [1.29, 1.82) is 0 Å². The van der Waals surface area contributed by atoms with E-state index in [1.165, 1.54) is 0 Å². The van der Waals surface area contributed by atoms with Gasteiger partial charge in [0.2, 0.25) is 0 Å². The lowest BCUT2D eigenvalue weighted by Gasteiger charge is -2.05. The zero-order chi connectivity index (χ0) is 12.6. The first-order valence-corrected chi connectivity index (χ1v) is 5.61. The lowest BCUT2D eigenvalue weighted by Crippen LogP contribution is -2.32. The number of hydrogen-bond acceptors (Lipinski definition) is 2. The number of aromatic amines is 1. The van der Waals surface area contributed by atoms with E-state index in [-0.39, 0.29) is 6.42 Å². The van der Waals surface area contributed by atoms with Crippen molar-refractivity contribution < 1.29 is 9.90 Å². The largest absolute Gasteiger partial charge is 0.480 e. The lowest BCUT2D eigenvalue weighted by molar-refractivity contribution is -0.138. The first kappa shape index (κ1) is 12.0. The Morgan fingerprint density at radius 2 is 2.29 bits per heavy atom. The summed E-state index contributed by atoms with van der Waals surface area (Å²) >= 11 is 6.10. The highest BCUT2D eigenvalue weighted by molar-refractivity contribution is 6.35. The van der Waals surface area contributed by atoms with E-state index in [1.807, 2.05) is 19.1 Å². The second kappa shape index (κ2) is 4.39. The van der Waals surface area contributed by atoms with Crippen molar-refractivity contribution in [2.24, 2.45) is 5.73 Å². The average Bonchev–Trinajstić information content (AvgIpc) is 2.61. The van der Waals surface area contributed by atoms with E-state index in [0.717, 1.165) is 22.0 Å². The molecule has 0 fully saturated rings. The lowest BCUT2D eigenvalue weighted by atomic mass is 10.0. The fourth-order valence-corrected chi connectivity index (χ4v) is 2.20. The molecule has 2 rings (SSSR count). The fourth-order valence-electron chi connectivity index (χ4n) is 1.87. The summed E-state index contributed by atoms with van der Waals surface area (Å²) in [5, 5.41) is 10.4. The quantitative estimate of drug-likeness (QED) is 0.783. The third-order valence-electron chi connectivity index (χ3n) is 2.73. The van der Waals surface area contributed by atoms with Crippen LogP contribution in [0.25, 0.3) is 10.9 Å². The average molecular weight is 253 g/mol. The number of nitrogens with two attached hydrogens (primary N) is 1. The number of fused-ring (bicyclic) bond motifs is 1. The maximum Gasteiger partial charge on any atom is 0.320 e. The third kappa shape index (κ3) is 2.28. The maximum absolute atomic E-state index is 10.7. The van der Waals surface area contributed by atoms with Crippen molar-refractivity contribution in [2.75, 3.05) is 0 Å². The summed E-state index contributed by atoms with van der Waals surface area (Å²) in [6, 6.07) is 2.94. The van der Waals surface area contributed by atoms with Gasteiger partial charge in [0, 0.05) is 18.0 Å². The zero-order valence-electron chi connectivity index (χ0n) is 9.33. The Balaban J connectivity index is 2.45. The second-order valence-corrected chi connectivity index (χ2v) is 4.54. The van der Waals surface area contributed by atoms with Crippen molar-refractivity contribution >= 4 is 28.5 Å². The summed E-state index contributed by atoms with van der Waals surface area (Å²) in [6.45, 7) is 1.94. The highest BCUT2D eigenvalue weighted by Gasteiger charge is 2.15. The number of hydrogen-bond donors (Lipinski definition) is 3. The summed E-state index contributed by atoms with van der Waals surface area (Å²) in [7, 11) is 0. The van der Waals surface area contributed by atoms with E-state index in [1.54, 1.807) is 6.20 Å². The molecule has 90 valence electrons. The molecule has 1 unspecified atom stereocenters. The van der Waals surface area contributed by atoms with Crippen molar-refractivity contribution in [3.05, 3.63) is 34.5 Å². The van der Waals surface area contributed by atoms with Gasteiger partial charge in [0.25, 0.3) is 0 Å². The molecule has 5 heteroatoms. The van der Waals surface area contributed by atoms with Gasteiger partial charge in [-0.3, -0.25) is 4.79 Å². The number of aromatic nitrogens is 1. The van der Waals surface area contributed by atoms with Gasteiger partial charge >= 0.3 is 5.97 Å². The summed E-state index contributed by atoms with van der Waals surface area (Å²) in [5.74, 6) is -1.00. The van der Waals surface area contributed by atoms with E-state index >= 15 is 0 Å². The van der Waals surface area contributed by atoms with Crippen LogP contribution in [0.5, 0.6) is 0 Å². The third-order valence-corrected chi connectivity index (χ3v) is 3.03. The van der Waals surface area contributed by atoms with Crippen molar-refractivity contribution in [3.63, 3.8) is 0 Å². The molecule has 4 N–H and O–H groups in total. The molecule has 1 aromatic carbocycles. The maximum atomic E-state index is 10.7. The normalized spacial score (nSPS) is 12.9. The monoisotopic (exact) mass is 252 g/mol. The SMILES string of the molecule is Cc1cc(Cl)c2[nH]cc(CC(N)C(=O)O)c2c1. The molecular weight excluding hydrogens is 240 g/mol. The molecule has 0 saturated carbocycles. The second-order valence-electron chi connectivity index (χ2n) is 4.13. The number of H-pyrrole nitrogens is 1. The number of carbonyl (C=O) groups is 1. The van der Waals surface area contributed by atoms with Crippen molar-refractivity contribution in [3.8, 4) is 0 Å². The molecule has 0 aliphatic rings. The molecule has 1 aromatic heterocycles. The van der Waals surface area contributed by atoms with Crippen LogP contribution < -0.4 is 5.73 Å².